The van der Waals surface area contributed by atoms with E-state index in [2.05, 4.69) is 0 Å². The van der Waals surface area contributed by atoms with Crippen molar-refractivity contribution >= 4 is 34.4 Å². The third kappa shape index (κ3) is 2.20. The van der Waals surface area contributed by atoms with Gasteiger partial charge < -0.3 is 0 Å². The van der Waals surface area contributed by atoms with E-state index >= 15 is 0 Å². The number of carbonyl (C=O) groups excluding carboxylic acids is 2. The molecule has 0 radical (unpaired) electrons. The van der Waals surface area contributed by atoms with Crippen molar-refractivity contribution in [2.24, 2.45) is 0 Å². The quantitative estimate of drug-likeness (QED) is 0.746. The average molecular weight is 289 g/mol. The maximum absolute atomic E-state index is 12.5. The summed E-state index contributed by atoms with van der Waals surface area (Å²) in [7, 11) is 0. The van der Waals surface area contributed by atoms with E-state index in [1.807, 2.05) is 24.3 Å². The Morgan fingerprint density at radius 3 is 2.68 bits per heavy atom. The van der Waals surface area contributed by atoms with E-state index < -0.39 is 5.24 Å². The van der Waals surface area contributed by atoms with Crippen molar-refractivity contribution in [3.63, 3.8) is 0 Å². The first-order chi connectivity index (χ1) is 9.16. The zero-order chi connectivity index (χ0) is 13.4. The highest BCUT2D eigenvalue weighted by Gasteiger charge is 2.22. The molecule has 0 aromatic heterocycles. The molecule has 0 N–H and O–H groups in total. The molecule has 0 fully saturated rings. The molecule has 0 atom stereocenters. The number of carbonyl (C=O) groups is 2. The first-order valence-corrected chi connectivity index (χ1v) is 7.12. The molecule has 2 aromatic carbocycles. The Hall–Kier alpha value is -1.58. The second-order valence-corrected chi connectivity index (χ2v) is 5.62. The Kier molecular flexibility index (Phi) is 3.17. The molecule has 19 heavy (non-hydrogen) atoms. The number of hydrogen-bond acceptors (Lipinski definition) is 3. The van der Waals surface area contributed by atoms with Crippen molar-refractivity contribution in [3.05, 3.63) is 64.7 Å². The van der Waals surface area contributed by atoms with Gasteiger partial charge in [0.25, 0.3) is 5.24 Å². The van der Waals surface area contributed by atoms with Gasteiger partial charge in [0.05, 0.1) is 0 Å². The van der Waals surface area contributed by atoms with Gasteiger partial charge in [0.1, 0.15) is 0 Å². The molecular formula is C15H9ClO2S. The Morgan fingerprint density at radius 1 is 1.11 bits per heavy atom. The Labute approximate surface area is 119 Å². The number of benzene rings is 2. The molecule has 1 heterocycles. The first kappa shape index (κ1) is 12.5. The van der Waals surface area contributed by atoms with E-state index in [1.165, 1.54) is 0 Å². The molecule has 0 spiro atoms. The number of ketones is 1. The minimum Gasteiger partial charge on any atom is -0.289 e. The molecule has 0 amide bonds. The Bertz CT molecular complexity index is 694. The van der Waals surface area contributed by atoms with E-state index in [0.717, 1.165) is 16.2 Å². The zero-order valence-electron chi connectivity index (χ0n) is 9.85. The summed E-state index contributed by atoms with van der Waals surface area (Å²) >= 11 is 7.08. The van der Waals surface area contributed by atoms with Crippen LogP contribution in [0.25, 0.3) is 0 Å². The number of rotatable bonds is 1. The van der Waals surface area contributed by atoms with Gasteiger partial charge in [-0.1, -0.05) is 24.3 Å². The van der Waals surface area contributed by atoms with Crippen molar-refractivity contribution in [1.82, 2.24) is 0 Å². The van der Waals surface area contributed by atoms with Crippen LogP contribution in [0.15, 0.2) is 47.4 Å². The van der Waals surface area contributed by atoms with Crippen LogP contribution in [0.4, 0.5) is 0 Å². The lowest BCUT2D eigenvalue weighted by Gasteiger charge is -2.05. The average Bonchev–Trinajstić information content (AvgIpc) is 2.57. The predicted octanol–water partition coefficient (Wildman–Crippen LogP) is 3.90. The first-order valence-electron chi connectivity index (χ1n) is 5.76. The topological polar surface area (TPSA) is 34.1 Å². The van der Waals surface area contributed by atoms with Crippen LogP contribution < -0.4 is 0 Å². The van der Waals surface area contributed by atoms with Crippen LogP contribution in [0.5, 0.6) is 0 Å². The molecule has 2 nitrogen and oxygen atoms in total. The largest absolute Gasteiger partial charge is 0.289 e. The fourth-order valence-corrected chi connectivity index (χ4v) is 3.28. The summed E-state index contributed by atoms with van der Waals surface area (Å²) < 4.78 is 0. The third-order valence-corrected chi connectivity index (χ3v) is 4.44. The van der Waals surface area contributed by atoms with Crippen molar-refractivity contribution in [1.29, 1.82) is 0 Å². The van der Waals surface area contributed by atoms with Crippen molar-refractivity contribution in [2.45, 2.75) is 10.6 Å². The molecule has 0 unspecified atom stereocenters. The highest BCUT2D eigenvalue weighted by atomic mass is 35.5. The molecule has 94 valence electrons. The normalized spacial score (nSPS) is 13.4. The number of fused-ring (bicyclic) bond motifs is 2. The van der Waals surface area contributed by atoms with Crippen LogP contribution in [-0.2, 0) is 5.75 Å². The monoisotopic (exact) mass is 288 g/mol. The molecule has 2 aromatic rings. The minimum absolute atomic E-state index is 0.0460. The van der Waals surface area contributed by atoms with Crippen LogP contribution >= 0.6 is 23.4 Å². The molecule has 1 aliphatic rings. The van der Waals surface area contributed by atoms with E-state index in [4.69, 9.17) is 11.6 Å². The van der Waals surface area contributed by atoms with E-state index in [-0.39, 0.29) is 5.78 Å². The fraction of sp³-hybridized carbons (Fsp3) is 0.0667. The Balaban J connectivity index is 2.18. The predicted molar refractivity (Wildman–Crippen MR) is 76.1 cm³/mol. The minimum atomic E-state index is -0.543. The van der Waals surface area contributed by atoms with Crippen LogP contribution in [0.1, 0.15) is 31.8 Å². The smallest absolute Gasteiger partial charge is 0.252 e. The van der Waals surface area contributed by atoms with Crippen molar-refractivity contribution in [3.8, 4) is 0 Å². The lowest BCUT2D eigenvalue weighted by Crippen LogP contribution is -2.05. The van der Waals surface area contributed by atoms with Gasteiger partial charge in [0, 0.05) is 27.3 Å². The molecule has 0 saturated carbocycles. The highest BCUT2D eigenvalue weighted by Crippen LogP contribution is 2.34. The standard InChI is InChI=1S/C15H9ClO2S/c16-15(18)9-5-6-13-12(7-9)14(17)11-4-2-1-3-10(11)8-19-13/h1-7H,8H2. The van der Waals surface area contributed by atoms with Gasteiger partial charge in [-0.05, 0) is 35.4 Å². The maximum atomic E-state index is 12.5. The van der Waals surface area contributed by atoms with Gasteiger partial charge in [-0.15, -0.1) is 11.8 Å². The summed E-state index contributed by atoms with van der Waals surface area (Å²) in [4.78, 5) is 24.6. The third-order valence-electron chi connectivity index (χ3n) is 3.10. The molecular weight excluding hydrogens is 280 g/mol. The number of hydrogen-bond donors (Lipinski definition) is 0. The van der Waals surface area contributed by atoms with Crippen molar-refractivity contribution in [2.75, 3.05) is 0 Å². The molecule has 0 bridgehead atoms. The van der Waals surface area contributed by atoms with Gasteiger partial charge in [-0.2, -0.15) is 0 Å². The molecule has 0 aliphatic carbocycles. The van der Waals surface area contributed by atoms with Gasteiger partial charge in [0.15, 0.2) is 5.78 Å². The van der Waals surface area contributed by atoms with Gasteiger partial charge in [-0.25, -0.2) is 0 Å². The van der Waals surface area contributed by atoms with E-state index in [1.54, 1.807) is 30.0 Å². The molecule has 3 rings (SSSR count). The summed E-state index contributed by atoms with van der Waals surface area (Å²) in [6.07, 6.45) is 0. The van der Waals surface area contributed by atoms with Crippen molar-refractivity contribution < 1.29 is 9.59 Å². The van der Waals surface area contributed by atoms with Gasteiger partial charge in [0.2, 0.25) is 0 Å². The molecule has 4 heteroatoms. The van der Waals surface area contributed by atoms with Crippen LogP contribution in [-0.4, -0.2) is 11.0 Å². The number of thioether (sulfide) groups is 1. The Morgan fingerprint density at radius 2 is 1.89 bits per heavy atom. The number of halogens is 1. The summed E-state index contributed by atoms with van der Waals surface area (Å²) in [5, 5.41) is -0.543. The van der Waals surface area contributed by atoms with Crippen LogP contribution in [0.2, 0.25) is 0 Å². The zero-order valence-corrected chi connectivity index (χ0v) is 11.4. The summed E-state index contributed by atoms with van der Waals surface area (Å²) in [5.74, 6) is 0.707. The van der Waals surface area contributed by atoms with Crippen LogP contribution in [0, 0.1) is 0 Å². The summed E-state index contributed by atoms with van der Waals surface area (Å²) in [6.45, 7) is 0. The van der Waals surface area contributed by atoms with Gasteiger partial charge in [-0.3, -0.25) is 9.59 Å². The van der Waals surface area contributed by atoms with E-state index in [9.17, 15) is 9.59 Å². The lowest BCUT2D eigenvalue weighted by molar-refractivity contribution is 0.103. The summed E-state index contributed by atoms with van der Waals surface area (Å²) in [5.41, 5.74) is 2.63. The second kappa shape index (κ2) is 4.83. The summed E-state index contributed by atoms with van der Waals surface area (Å²) in [6, 6.07) is 12.6. The van der Waals surface area contributed by atoms with Gasteiger partial charge >= 0.3 is 0 Å². The second-order valence-electron chi connectivity index (χ2n) is 4.26. The SMILES string of the molecule is O=C(Cl)c1ccc2c(c1)C(=O)c1ccccc1CS2. The fourth-order valence-electron chi connectivity index (χ4n) is 2.12. The molecule has 1 aliphatic heterocycles. The lowest BCUT2D eigenvalue weighted by atomic mass is 9.98. The van der Waals surface area contributed by atoms with Crippen LogP contribution in [0.3, 0.4) is 0 Å². The highest BCUT2D eigenvalue weighted by molar-refractivity contribution is 7.98. The molecule has 0 saturated heterocycles. The maximum Gasteiger partial charge on any atom is 0.252 e. The van der Waals surface area contributed by atoms with E-state index in [0.29, 0.717) is 16.7 Å².